The molecule has 21 heavy (non-hydrogen) atoms. The summed E-state index contributed by atoms with van der Waals surface area (Å²) in [5.74, 6) is 4.58. The maximum absolute atomic E-state index is 12.9. The van der Waals surface area contributed by atoms with E-state index in [2.05, 4.69) is 0 Å². The molecule has 0 bridgehead atoms. The molecule has 1 aromatic carbocycles. The minimum Gasteiger partial charge on any atom is -0.388 e. The molecule has 2 rings (SSSR count). The highest BCUT2D eigenvalue weighted by Gasteiger charge is 2.38. The first-order chi connectivity index (χ1) is 9.65. The number of nitrogens with one attached hydrogen (secondary N) is 1. The van der Waals surface area contributed by atoms with E-state index in [0.29, 0.717) is 6.42 Å². The Morgan fingerprint density at radius 2 is 2.14 bits per heavy atom. The van der Waals surface area contributed by atoms with Gasteiger partial charge in [-0.3, -0.25) is 10.6 Å². The van der Waals surface area contributed by atoms with Gasteiger partial charge in [-0.2, -0.15) is 13.2 Å². The van der Waals surface area contributed by atoms with Crippen LogP contribution < -0.4 is 11.3 Å². The molecule has 0 spiro atoms. The molecule has 0 saturated carbocycles. The Balaban J connectivity index is 2.38. The van der Waals surface area contributed by atoms with Gasteiger partial charge in [0.1, 0.15) is 0 Å². The van der Waals surface area contributed by atoms with E-state index >= 15 is 0 Å². The smallest absolute Gasteiger partial charge is 0.388 e. The Hall–Kier alpha value is -1.80. The van der Waals surface area contributed by atoms with Crippen molar-refractivity contribution in [3.05, 3.63) is 29.3 Å². The molecule has 1 heterocycles. The highest BCUT2D eigenvalue weighted by atomic mass is 19.4. The number of nitrogen functional groups attached to an aromatic ring is 1. The van der Waals surface area contributed by atoms with Crippen LogP contribution in [0, 0.1) is 0 Å². The number of hydrazine groups is 1. The van der Waals surface area contributed by atoms with E-state index in [9.17, 15) is 23.1 Å². The van der Waals surface area contributed by atoms with Gasteiger partial charge in [0.05, 0.1) is 22.4 Å². The topological polar surface area (TPSA) is 78.6 Å². The molecule has 0 aliphatic carbocycles. The van der Waals surface area contributed by atoms with Crippen LogP contribution in [0.25, 0.3) is 0 Å². The Kier molecular flexibility index (Phi) is 3.85. The van der Waals surface area contributed by atoms with Crippen molar-refractivity contribution in [1.29, 1.82) is 0 Å². The first kappa shape index (κ1) is 15.6. The zero-order chi connectivity index (χ0) is 15.8. The number of alkyl halides is 3. The number of benzene rings is 1. The van der Waals surface area contributed by atoms with Crippen LogP contribution in [-0.4, -0.2) is 34.6 Å². The summed E-state index contributed by atoms with van der Waals surface area (Å²) < 4.78 is 38.8. The lowest BCUT2D eigenvalue weighted by molar-refractivity contribution is -0.137. The lowest BCUT2D eigenvalue weighted by atomic mass is 10.1. The van der Waals surface area contributed by atoms with Crippen molar-refractivity contribution < 1.29 is 23.1 Å². The van der Waals surface area contributed by atoms with Crippen LogP contribution in [0.15, 0.2) is 18.2 Å². The number of carbonyl (C=O) groups is 1. The summed E-state index contributed by atoms with van der Waals surface area (Å²) in [6.07, 6.45) is -4.24. The molecule has 116 valence electrons. The summed E-state index contributed by atoms with van der Waals surface area (Å²) in [7, 11) is 0. The van der Waals surface area contributed by atoms with Crippen molar-refractivity contribution >= 4 is 11.6 Å². The van der Waals surface area contributed by atoms with Crippen LogP contribution in [0.4, 0.5) is 18.9 Å². The predicted octanol–water partition coefficient (Wildman–Crippen LogP) is 1.59. The van der Waals surface area contributed by atoms with Gasteiger partial charge in [-0.05, 0) is 25.5 Å². The number of amides is 1. The summed E-state index contributed by atoms with van der Waals surface area (Å²) >= 11 is 0. The van der Waals surface area contributed by atoms with E-state index in [0.717, 1.165) is 12.1 Å². The standard InChI is InChI=1S/C13H16F3N3O2/c1-12(21)5-6-19(7-12)11(20)8-3-2-4-9(10(8)18-17)13(14,15)16/h2-4,18,21H,5-7,17H2,1H3. The molecular formula is C13H16F3N3O2. The number of halogens is 3. The summed E-state index contributed by atoms with van der Waals surface area (Å²) in [6, 6.07) is 3.29. The SMILES string of the molecule is CC1(O)CCN(C(=O)c2cccc(C(F)(F)F)c2NN)C1. The molecule has 1 atom stereocenters. The van der Waals surface area contributed by atoms with Crippen LogP contribution in [0.5, 0.6) is 0 Å². The Morgan fingerprint density at radius 3 is 2.62 bits per heavy atom. The highest BCUT2D eigenvalue weighted by molar-refractivity contribution is 6.00. The van der Waals surface area contributed by atoms with Gasteiger partial charge in [0.25, 0.3) is 5.91 Å². The molecule has 1 amide bonds. The third-order valence-corrected chi connectivity index (χ3v) is 3.48. The summed E-state index contributed by atoms with van der Waals surface area (Å²) in [6.45, 7) is 1.94. The average Bonchev–Trinajstić information content (AvgIpc) is 2.76. The van der Waals surface area contributed by atoms with Crippen molar-refractivity contribution in [2.24, 2.45) is 5.84 Å². The fourth-order valence-electron chi connectivity index (χ4n) is 2.41. The molecule has 1 aromatic rings. The zero-order valence-electron chi connectivity index (χ0n) is 11.4. The largest absolute Gasteiger partial charge is 0.418 e. The summed E-state index contributed by atoms with van der Waals surface area (Å²) in [5.41, 5.74) is -0.672. The lowest BCUT2D eigenvalue weighted by Gasteiger charge is -2.22. The van der Waals surface area contributed by atoms with E-state index < -0.39 is 28.9 Å². The third-order valence-electron chi connectivity index (χ3n) is 3.48. The summed E-state index contributed by atoms with van der Waals surface area (Å²) in [5, 5.41) is 9.86. The van der Waals surface area contributed by atoms with E-state index in [-0.39, 0.29) is 18.7 Å². The van der Waals surface area contributed by atoms with Crippen LogP contribution >= 0.6 is 0 Å². The number of aliphatic hydroxyl groups is 1. The first-order valence-corrected chi connectivity index (χ1v) is 6.34. The fourth-order valence-corrected chi connectivity index (χ4v) is 2.41. The second-order valence-electron chi connectivity index (χ2n) is 5.34. The molecule has 8 heteroatoms. The minimum atomic E-state index is -4.62. The van der Waals surface area contributed by atoms with Gasteiger partial charge in [-0.25, -0.2) is 0 Å². The number of likely N-dealkylation sites (tertiary alicyclic amines) is 1. The third kappa shape index (κ3) is 3.11. The van der Waals surface area contributed by atoms with E-state index in [4.69, 9.17) is 5.84 Å². The van der Waals surface area contributed by atoms with Crippen LogP contribution in [0.2, 0.25) is 0 Å². The molecule has 1 aliphatic rings. The van der Waals surface area contributed by atoms with Gasteiger partial charge < -0.3 is 15.4 Å². The molecule has 1 saturated heterocycles. The van der Waals surface area contributed by atoms with Gasteiger partial charge in [0.15, 0.2) is 0 Å². The van der Waals surface area contributed by atoms with Crippen LogP contribution in [0.3, 0.4) is 0 Å². The molecule has 1 unspecified atom stereocenters. The molecule has 0 radical (unpaired) electrons. The van der Waals surface area contributed by atoms with Crippen LogP contribution in [-0.2, 0) is 6.18 Å². The number of rotatable bonds is 2. The number of anilines is 1. The first-order valence-electron chi connectivity index (χ1n) is 6.34. The van der Waals surface area contributed by atoms with Crippen molar-refractivity contribution in [2.45, 2.75) is 25.1 Å². The Labute approximate surface area is 119 Å². The molecule has 4 N–H and O–H groups in total. The number of hydrogen-bond acceptors (Lipinski definition) is 4. The lowest BCUT2D eigenvalue weighted by Crippen LogP contribution is -2.34. The monoisotopic (exact) mass is 303 g/mol. The quantitative estimate of drug-likeness (QED) is 0.572. The maximum atomic E-state index is 12.9. The van der Waals surface area contributed by atoms with Gasteiger partial charge in [-0.1, -0.05) is 6.07 Å². The Bertz CT molecular complexity index is 558. The molecule has 1 aliphatic heterocycles. The van der Waals surface area contributed by atoms with Crippen molar-refractivity contribution in [2.75, 3.05) is 18.5 Å². The number of hydrogen-bond donors (Lipinski definition) is 3. The number of nitrogens with two attached hydrogens (primary N) is 1. The normalized spacial score (nSPS) is 22.5. The van der Waals surface area contributed by atoms with E-state index in [1.54, 1.807) is 6.92 Å². The van der Waals surface area contributed by atoms with Gasteiger partial charge in [-0.15, -0.1) is 0 Å². The molecule has 5 nitrogen and oxygen atoms in total. The number of nitrogens with zero attached hydrogens (tertiary/aromatic N) is 1. The molecule has 1 fully saturated rings. The maximum Gasteiger partial charge on any atom is 0.418 e. The minimum absolute atomic E-state index is 0.0755. The van der Waals surface area contributed by atoms with Gasteiger partial charge in [0.2, 0.25) is 0 Å². The zero-order valence-corrected chi connectivity index (χ0v) is 11.4. The summed E-state index contributed by atoms with van der Waals surface area (Å²) in [4.78, 5) is 13.7. The molecular weight excluding hydrogens is 287 g/mol. The molecule has 0 aromatic heterocycles. The fraction of sp³-hybridized carbons (Fsp3) is 0.462. The Morgan fingerprint density at radius 1 is 1.48 bits per heavy atom. The number of para-hydroxylation sites is 1. The van der Waals surface area contributed by atoms with E-state index in [1.165, 1.54) is 11.0 Å². The van der Waals surface area contributed by atoms with Crippen LogP contribution in [0.1, 0.15) is 29.3 Å². The average molecular weight is 303 g/mol. The van der Waals surface area contributed by atoms with Crippen molar-refractivity contribution in [1.82, 2.24) is 4.90 Å². The van der Waals surface area contributed by atoms with Gasteiger partial charge >= 0.3 is 6.18 Å². The second-order valence-corrected chi connectivity index (χ2v) is 5.34. The van der Waals surface area contributed by atoms with Crippen molar-refractivity contribution in [3.8, 4) is 0 Å². The highest BCUT2D eigenvalue weighted by Crippen LogP contribution is 2.37. The van der Waals surface area contributed by atoms with Crippen molar-refractivity contribution in [3.63, 3.8) is 0 Å². The predicted molar refractivity (Wildman–Crippen MR) is 70.4 cm³/mol. The van der Waals surface area contributed by atoms with Gasteiger partial charge in [0, 0.05) is 13.1 Å². The second kappa shape index (κ2) is 5.19. The number of β-amino-alcohol motifs (C(OH)–C–C–N with tert-alkyl or cyclic N) is 1. The van der Waals surface area contributed by atoms with E-state index in [1.807, 2.05) is 5.43 Å². The number of carbonyl (C=O) groups excluding carboxylic acids is 1.